The van der Waals surface area contributed by atoms with Gasteiger partial charge in [-0.1, -0.05) is 18.7 Å². The van der Waals surface area contributed by atoms with Gasteiger partial charge in [0.15, 0.2) is 5.16 Å². The fourth-order valence-corrected chi connectivity index (χ4v) is 5.69. The smallest absolute Gasteiger partial charge is 0.251 e. The lowest BCUT2D eigenvalue weighted by Crippen LogP contribution is -2.20. The third-order valence-corrected chi connectivity index (χ3v) is 7.34. The molecular weight excluding hydrogens is 382 g/mol. The van der Waals surface area contributed by atoms with Crippen molar-refractivity contribution in [3.8, 4) is 0 Å². The van der Waals surface area contributed by atoms with Gasteiger partial charge in [-0.2, -0.15) is 0 Å². The van der Waals surface area contributed by atoms with Gasteiger partial charge in [0, 0.05) is 17.8 Å². The third kappa shape index (κ3) is 3.75. The number of nitrogens with zero attached hydrogens (tertiary/aromatic N) is 3. The lowest BCUT2D eigenvalue weighted by atomic mass is 9.88. The number of nitrogens with one attached hydrogen (secondary N) is 1. The number of hydrogen-bond acceptors (Lipinski definition) is 6. The fraction of sp³-hybridized carbons (Fsp3) is 0.556. The highest BCUT2D eigenvalue weighted by atomic mass is 32.2. The Labute approximate surface area is 166 Å². The fourth-order valence-electron chi connectivity index (χ4n) is 3.54. The molecule has 2 aliphatic carbocycles. The van der Waals surface area contributed by atoms with E-state index in [0.717, 1.165) is 48.6 Å². The largest absolute Gasteiger partial charge is 0.365 e. The van der Waals surface area contributed by atoms with Crippen molar-refractivity contribution in [3.05, 3.63) is 21.8 Å². The number of carbonyl (C=O) groups excluding carboxylic acids is 2. The van der Waals surface area contributed by atoms with Crippen molar-refractivity contribution in [1.82, 2.24) is 14.8 Å². The highest BCUT2D eigenvalue weighted by Crippen LogP contribution is 2.40. The molecule has 2 aliphatic rings. The molecule has 144 valence electrons. The molecule has 2 heterocycles. The minimum absolute atomic E-state index is 0.162. The summed E-state index contributed by atoms with van der Waals surface area (Å²) in [5.41, 5.74) is 7.12. The summed E-state index contributed by atoms with van der Waals surface area (Å²) in [5.74, 6) is 1.69. The van der Waals surface area contributed by atoms with Gasteiger partial charge in [-0.05, 0) is 43.6 Å². The molecule has 2 aromatic heterocycles. The predicted molar refractivity (Wildman–Crippen MR) is 106 cm³/mol. The Morgan fingerprint density at radius 2 is 2.11 bits per heavy atom. The summed E-state index contributed by atoms with van der Waals surface area (Å²) in [6, 6.07) is 0. The van der Waals surface area contributed by atoms with Gasteiger partial charge in [0.05, 0.1) is 11.3 Å². The number of fused-ring (bicyclic) bond motifs is 1. The molecule has 1 saturated carbocycles. The topological polar surface area (TPSA) is 103 Å². The van der Waals surface area contributed by atoms with Gasteiger partial charge >= 0.3 is 0 Å². The van der Waals surface area contributed by atoms with E-state index in [1.54, 1.807) is 0 Å². The number of carbonyl (C=O) groups is 2. The van der Waals surface area contributed by atoms with Crippen LogP contribution in [0, 0.1) is 5.92 Å². The summed E-state index contributed by atoms with van der Waals surface area (Å²) in [6.45, 7) is 2.21. The van der Waals surface area contributed by atoms with Crippen LogP contribution in [0.4, 0.5) is 5.00 Å². The molecule has 0 aliphatic heterocycles. The van der Waals surface area contributed by atoms with Crippen LogP contribution in [0.3, 0.4) is 0 Å². The summed E-state index contributed by atoms with van der Waals surface area (Å²) < 4.78 is 1.97. The van der Waals surface area contributed by atoms with Crippen LogP contribution in [0.5, 0.6) is 0 Å². The zero-order valence-electron chi connectivity index (χ0n) is 15.4. The number of thioether (sulfide) groups is 1. The molecule has 9 heteroatoms. The van der Waals surface area contributed by atoms with Gasteiger partial charge in [0.25, 0.3) is 5.91 Å². The van der Waals surface area contributed by atoms with Crippen molar-refractivity contribution in [1.29, 1.82) is 0 Å². The summed E-state index contributed by atoms with van der Waals surface area (Å²) in [5, 5.41) is 12.6. The van der Waals surface area contributed by atoms with E-state index in [1.807, 2.05) is 11.6 Å². The highest BCUT2D eigenvalue weighted by Gasteiger charge is 2.30. The van der Waals surface area contributed by atoms with Gasteiger partial charge in [0.2, 0.25) is 5.91 Å². The second-order valence-corrected chi connectivity index (χ2v) is 9.48. The molecule has 4 rings (SSSR count). The molecule has 2 amide bonds. The highest BCUT2D eigenvalue weighted by molar-refractivity contribution is 7.99. The molecule has 0 bridgehead atoms. The number of primary amides is 1. The van der Waals surface area contributed by atoms with E-state index in [2.05, 4.69) is 22.4 Å². The van der Waals surface area contributed by atoms with Crippen LogP contribution >= 0.6 is 23.1 Å². The molecule has 0 aromatic carbocycles. The molecule has 7 nitrogen and oxygen atoms in total. The maximum atomic E-state index is 12.5. The van der Waals surface area contributed by atoms with Crippen molar-refractivity contribution in [2.75, 3.05) is 11.1 Å². The second-order valence-electron chi connectivity index (χ2n) is 7.43. The molecule has 0 radical (unpaired) electrons. The summed E-state index contributed by atoms with van der Waals surface area (Å²) >= 11 is 2.84. The Morgan fingerprint density at radius 1 is 1.33 bits per heavy atom. The SMILES string of the molecule is C[C@@H]1CCc2c(sc(NC(=O)CSc3nnc(C4CC4)n3C)c2C(N)=O)C1. The molecule has 1 fully saturated rings. The number of aromatic nitrogens is 3. The van der Waals surface area contributed by atoms with Gasteiger partial charge in [0.1, 0.15) is 10.8 Å². The normalized spacial score (nSPS) is 19.0. The monoisotopic (exact) mass is 405 g/mol. The van der Waals surface area contributed by atoms with Gasteiger partial charge in [-0.15, -0.1) is 21.5 Å². The summed E-state index contributed by atoms with van der Waals surface area (Å²) in [7, 11) is 1.94. The summed E-state index contributed by atoms with van der Waals surface area (Å²) in [6.07, 6.45) is 5.15. The minimum atomic E-state index is -0.465. The van der Waals surface area contributed by atoms with E-state index >= 15 is 0 Å². The Morgan fingerprint density at radius 3 is 2.81 bits per heavy atom. The average molecular weight is 406 g/mol. The van der Waals surface area contributed by atoms with E-state index in [0.29, 0.717) is 22.4 Å². The van der Waals surface area contributed by atoms with E-state index in [9.17, 15) is 9.59 Å². The number of hydrogen-bond donors (Lipinski definition) is 2. The standard InChI is InChI=1S/C18H23N5O2S2/c1-9-3-6-11-12(7-9)27-17(14(11)15(19)25)20-13(24)8-26-18-22-21-16(23(18)2)10-4-5-10/h9-10H,3-8H2,1-2H3,(H2,19,25)(H,20,24)/t9-/m1/s1. The number of amides is 2. The molecule has 0 saturated heterocycles. The third-order valence-electron chi connectivity index (χ3n) is 5.15. The number of anilines is 1. The molecule has 3 N–H and O–H groups in total. The number of rotatable bonds is 6. The van der Waals surface area contributed by atoms with Crippen LogP contribution in [-0.4, -0.2) is 32.3 Å². The zero-order valence-corrected chi connectivity index (χ0v) is 17.1. The minimum Gasteiger partial charge on any atom is -0.365 e. The average Bonchev–Trinajstić information content (AvgIpc) is 3.29. The first-order valence-corrected chi connectivity index (χ1v) is 11.0. The quantitative estimate of drug-likeness (QED) is 0.719. The molecule has 0 spiro atoms. The summed E-state index contributed by atoms with van der Waals surface area (Å²) in [4.78, 5) is 25.6. The zero-order chi connectivity index (χ0) is 19.1. The van der Waals surface area contributed by atoms with Crippen LogP contribution in [0.15, 0.2) is 5.16 Å². The lowest BCUT2D eigenvalue weighted by molar-refractivity contribution is -0.113. The van der Waals surface area contributed by atoms with Gasteiger partial charge < -0.3 is 15.6 Å². The predicted octanol–water partition coefficient (Wildman–Crippen LogP) is 2.71. The first kappa shape index (κ1) is 18.5. The Balaban J connectivity index is 1.44. The van der Waals surface area contributed by atoms with Crippen molar-refractivity contribution in [2.24, 2.45) is 18.7 Å². The second kappa shape index (κ2) is 7.27. The first-order chi connectivity index (χ1) is 12.9. The van der Waals surface area contributed by atoms with Crippen LogP contribution in [0.1, 0.15) is 58.7 Å². The van der Waals surface area contributed by atoms with Crippen molar-refractivity contribution >= 4 is 39.9 Å². The van der Waals surface area contributed by atoms with Crippen molar-refractivity contribution < 1.29 is 9.59 Å². The Hall–Kier alpha value is -1.87. The van der Waals surface area contributed by atoms with Crippen molar-refractivity contribution in [2.45, 2.75) is 50.1 Å². The van der Waals surface area contributed by atoms with E-state index in [1.165, 1.54) is 28.0 Å². The van der Waals surface area contributed by atoms with Crippen molar-refractivity contribution in [3.63, 3.8) is 0 Å². The maximum absolute atomic E-state index is 12.5. The van der Waals surface area contributed by atoms with Gasteiger partial charge in [-0.3, -0.25) is 9.59 Å². The number of thiophene rings is 1. The first-order valence-electron chi connectivity index (χ1n) is 9.20. The van der Waals surface area contributed by atoms with Crippen LogP contribution in [0.2, 0.25) is 0 Å². The molecular formula is C18H23N5O2S2. The van der Waals surface area contributed by atoms with Crippen LogP contribution in [0.25, 0.3) is 0 Å². The lowest BCUT2D eigenvalue weighted by Gasteiger charge is -2.18. The van der Waals surface area contributed by atoms with Crippen LogP contribution < -0.4 is 11.1 Å². The molecule has 0 unspecified atom stereocenters. The molecule has 2 aromatic rings. The van der Waals surface area contributed by atoms with Gasteiger partial charge in [-0.25, -0.2) is 0 Å². The molecule has 1 atom stereocenters. The Bertz CT molecular complexity index is 900. The Kier molecular flexibility index (Phi) is 4.98. The van der Waals surface area contributed by atoms with E-state index in [-0.39, 0.29) is 11.7 Å². The van der Waals surface area contributed by atoms with Crippen LogP contribution in [-0.2, 0) is 24.7 Å². The van der Waals surface area contributed by atoms with E-state index < -0.39 is 5.91 Å². The molecule has 27 heavy (non-hydrogen) atoms. The maximum Gasteiger partial charge on any atom is 0.251 e. The number of nitrogens with two attached hydrogens (primary N) is 1. The van der Waals surface area contributed by atoms with E-state index in [4.69, 9.17) is 5.73 Å².